The molecule has 0 aliphatic carbocycles. The largest absolute Gasteiger partial charge is 0.497 e. The summed E-state index contributed by atoms with van der Waals surface area (Å²) in [6, 6.07) is 19.6. The number of hydrogen-bond acceptors (Lipinski definition) is 8. The summed E-state index contributed by atoms with van der Waals surface area (Å²) in [5, 5.41) is 11.1. The molecule has 1 atom stereocenters. The van der Waals surface area contributed by atoms with Crippen molar-refractivity contribution < 1.29 is 23.7 Å². The number of methoxy groups -OCH3 is 4. The summed E-state index contributed by atoms with van der Waals surface area (Å²) in [6.45, 7) is 1.84. The predicted molar refractivity (Wildman–Crippen MR) is 148 cm³/mol. The smallest absolute Gasteiger partial charge is 0.255 e. The topological polar surface area (TPSA) is 109 Å². The van der Waals surface area contributed by atoms with Crippen LogP contribution in [0.4, 0.5) is 11.6 Å². The Kier molecular flexibility index (Phi) is 7.09. The van der Waals surface area contributed by atoms with Crippen molar-refractivity contribution in [2.45, 2.75) is 13.0 Å². The number of fused-ring (bicyclic) bond motifs is 1. The number of anilines is 2. The SMILES string of the molecule is COc1cccc(-c2nc3n(n2)C(c2cc(OC)c(OC)cc2OC)C(C(=O)Nc2ccccc2)=C(C)N3)c1. The molecule has 4 aromatic rings. The standard InChI is InChI=1S/C29H29N5O5/c1-17-25(28(35)31-19-11-7-6-8-12-19)26(21-15-23(38-4)24(39-5)16-22(21)37-3)34-29(30-17)32-27(33-34)18-10-9-13-20(14-18)36-2/h6-16,26H,1-5H3,(H,31,35)(H,30,32,33). The second kappa shape index (κ2) is 10.8. The molecule has 0 bridgehead atoms. The maximum absolute atomic E-state index is 13.8. The first-order chi connectivity index (χ1) is 19.0. The molecule has 10 heteroatoms. The Bertz CT molecular complexity index is 1550. The molecule has 1 amide bonds. The van der Waals surface area contributed by atoms with E-state index in [1.807, 2.05) is 61.5 Å². The average Bonchev–Trinajstić information content (AvgIpc) is 3.39. The van der Waals surface area contributed by atoms with E-state index in [1.165, 1.54) is 0 Å². The van der Waals surface area contributed by atoms with Crippen LogP contribution in [0.5, 0.6) is 23.0 Å². The van der Waals surface area contributed by atoms with Crippen molar-refractivity contribution in [1.82, 2.24) is 14.8 Å². The Morgan fingerprint density at radius 2 is 1.59 bits per heavy atom. The molecule has 0 saturated carbocycles. The van der Waals surface area contributed by atoms with Crippen molar-refractivity contribution in [2.75, 3.05) is 39.1 Å². The first-order valence-corrected chi connectivity index (χ1v) is 12.2. The highest BCUT2D eigenvalue weighted by Gasteiger charge is 2.37. The van der Waals surface area contributed by atoms with Gasteiger partial charge in [-0.2, -0.15) is 4.98 Å². The average molecular weight is 528 g/mol. The number of carbonyl (C=O) groups is 1. The molecule has 1 aliphatic rings. The summed E-state index contributed by atoms with van der Waals surface area (Å²) in [5.74, 6) is 2.82. The molecule has 2 N–H and O–H groups in total. The molecule has 0 fully saturated rings. The van der Waals surface area contributed by atoms with Gasteiger partial charge in [-0.15, -0.1) is 5.10 Å². The van der Waals surface area contributed by atoms with Crippen LogP contribution < -0.4 is 29.6 Å². The van der Waals surface area contributed by atoms with Crippen molar-refractivity contribution in [3.05, 3.63) is 83.6 Å². The fourth-order valence-corrected chi connectivity index (χ4v) is 4.60. The molecule has 3 aromatic carbocycles. The zero-order chi connectivity index (χ0) is 27.5. The number of para-hydroxylation sites is 1. The number of nitrogens with one attached hydrogen (secondary N) is 2. The van der Waals surface area contributed by atoms with Gasteiger partial charge in [0, 0.05) is 28.6 Å². The van der Waals surface area contributed by atoms with Gasteiger partial charge in [0.15, 0.2) is 17.3 Å². The Morgan fingerprint density at radius 3 is 2.28 bits per heavy atom. The maximum Gasteiger partial charge on any atom is 0.255 e. The lowest BCUT2D eigenvalue weighted by Gasteiger charge is -2.30. The van der Waals surface area contributed by atoms with Gasteiger partial charge in [0.25, 0.3) is 5.91 Å². The number of nitrogens with zero attached hydrogens (tertiary/aromatic N) is 3. The highest BCUT2D eigenvalue weighted by atomic mass is 16.5. The van der Waals surface area contributed by atoms with Gasteiger partial charge < -0.3 is 29.6 Å². The van der Waals surface area contributed by atoms with E-state index in [-0.39, 0.29) is 5.91 Å². The molecule has 39 heavy (non-hydrogen) atoms. The maximum atomic E-state index is 13.8. The molecule has 1 aromatic heterocycles. The number of hydrogen-bond donors (Lipinski definition) is 2. The Hall–Kier alpha value is -4.99. The first-order valence-electron chi connectivity index (χ1n) is 12.2. The minimum Gasteiger partial charge on any atom is -0.497 e. The Balaban J connectivity index is 1.69. The molecule has 0 saturated heterocycles. The van der Waals surface area contributed by atoms with Crippen LogP contribution in [-0.2, 0) is 4.79 Å². The third-order valence-corrected chi connectivity index (χ3v) is 6.49. The second-order valence-electron chi connectivity index (χ2n) is 8.77. The molecular weight excluding hydrogens is 498 g/mol. The Morgan fingerprint density at radius 1 is 0.872 bits per heavy atom. The molecule has 1 unspecified atom stereocenters. The second-order valence-corrected chi connectivity index (χ2v) is 8.77. The lowest BCUT2D eigenvalue weighted by atomic mass is 9.93. The van der Waals surface area contributed by atoms with Crippen molar-refractivity contribution >= 4 is 17.5 Å². The third kappa shape index (κ3) is 4.84. The summed E-state index contributed by atoms with van der Waals surface area (Å²) in [7, 11) is 6.29. The number of ether oxygens (including phenoxy) is 4. The van der Waals surface area contributed by atoms with Crippen molar-refractivity contribution in [1.29, 1.82) is 0 Å². The lowest BCUT2D eigenvalue weighted by molar-refractivity contribution is -0.113. The van der Waals surface area contributed by atoms with Crippen molar-refractivity contribution in [2.24, 2.45) is 0 Å². The van der Waals surface area contributed by atoms with Gasteiger partial charge in [-0.25, -0.2) is 4.68 Å². The van der Waals surface area contributed by atoms with Crippen LogP contribution >= 0.6 is 0 Å². The van der Waals surface area contributed by atoms with E-state index in [2.05, 4.69) is 10.6 Å². The molecule has 5 rings (SSSR count). The summed E-state index contributed by atoms with van der Waals surface area (Å²) < 4.78 is 23.9. The number of rotatable bonds is 8. The van der Waals surface area contributed by atoms with E-state index in [0.717, 1.165) is 5.56 Å². The van der Waals surface area contributed by atoms with Crippen LogP contribution in [0.1, 0.15) is 18.5 Å². The third-order valence-electron chi connectivity index (χ3n) is 6.49. The minimum atomic E-state index is -0.702. The van der Waals surface area contributed by atoms with E-state index in [4.69, 9.17) is 29.0 Å². The van der Waals surface area contributed by atoms with Gasteiger partial charge in [0.1, 0.15) is 17.5 Å². The zero-order valence-electron chi connectivity index (χ0n) is 22.3. The number of carbonyl (C=O) groups excluding carboxylic acids is 1. The minimum absolute atomic E-state index is 0.294. The fourth-order valence-electron chi connectivity index (χ4n) is 4.60. The molecular formula is C29H29N5O5. The first kappa shape index (κ1) is 25.7. The van der Waals surface area contributed by atoms with Crippen molar-refractivity contribution in [3.8, 4) is 34.4 Å². The van der Waals surface area contributed by atoms with Gasteiger partial charge in [-0.3, -0.25) is 4.79 Å². The number of benzene rings is 3. The van der Waals surface area contributed by atoms with Crippen LogP contribution in [0.15, 0.2) is 78.0 Å². The summed E-state index contributed by atoms with van der Waals surface area (Å²) in [5.41, 5.74) is 3.16. The predicted octanol–water partition coefficient (Wildman–Crippen LogP) is 4.91. The fraction of sp³-hybridized carbons (Fsp3) is 0.207. The van der Waals surface area contributed by atoms with Gasteiger partial charge in [0.2, 0.25) is 5.95 Å². The molecule has 10 nitrogen and oxygen atoms in total. The number of amides is 1. The van der Waals surface area contributed by atoms with E-state index >= 15 is 0 Å². The van der Waals surface area contributed by atoms with E-state index in [0.29, 0.717) is 57.3 Å². The number of aromatic nitrogens is 3. The highest BCUT2D eigenvalue weighted by molar-refractivity contribution is 6.06. The van der Waals surface area contributed by atoms with Crippen LogP contribution in [0.3, 0.4) is 0 Å². The molecule has 1 aliphatic heterocycles. The highest BCUT2D eigenvalue weighted by Crippen LogP contribution is 2.44. The summed E-state index contributed by atoms with van der Waals surface area (Å²) >= 11 is 0. The molecule has 0 spiro atoms. The van der Waals surface area contributed by atoms with Crippen LogP contribution in [-0.4, -0.2) is 49.1 Å². The monoisotopic (exact) mass is 527 g/mol. The van der Waals surface area contributed by atoms with Gasteiger partial charge in [-0.05, 0) is 37.3 Å². The van der Waals surface area contributed by atoms with Gasteiger partial charge in [-0.1, -0.05) is 30.3 Å². The molecule has 200 valence electrons. The number of allylic oxidation sites excluding steroid dienone is 1. The van der Waals surface area contributed by atoms with Gasteiger partial charge in [0.05, 0.1) is 34.0 Å². The zero-order valence-corrected chi connectivity index (χ0v) is 22.3. The summed E-state index contributed by atoms with van der Waals surface area (Å²) in [4.78, 5) is 18.6. The van der Waals surface area contributed by atoms with Crippen molar-refractivity contribution in [3.63, 3.8) is 0 Å². The molecule has 0 radical (unpaired) electrons. The van der Waals surface area contributed by atoms with Crippen LogP contribution in [0, 0.1) is 0 Å². The Labute approximate surface area is 226 Å². The quantitative estimate of drug-likeness (QED) is 0.333. The molecule has 2 heterocycles. The van der Waals surface area contributed by atoms with Crippen LogP contribution in [0.2, 0.25) is 0 Å². The van der Waals surface area contributed by atoms with Crippen LogP contribution in [0.25, 0.3) is 11.4 Å². The normalized spacial score (nSPS) is 14.2. The van der Waals surface area contributed by atoms with E-state index in [1.54, 1.807) is 45.3 Å². The van der Waals surface area contributed by atoms with E-state index in [9.17, 15) is 4.79 Å². The lowest BCUT2D eigenvalue weighted by Crippen LogP contribution is -2.31. The summed E-state index contributed by atoms with van der Waals surface area (Å²) in [6.07, 6.45) is 0. The van der Waals surface area contributed by atoms with E-state index < -0.39 is 6.04 Å². The van der Waals surface area contributed by atoms with Gasteiger partial charge >= 0.3 is 0 Å².